The number of carbonyl (C=O) groups is 3. The zero-order valence-electron chi connectivity index (χ0n) is 10.7. The molecule has 2 saturated heterocycles. The highest BCUT2D eigenvalue weighted by molar-refractivity contribution is 6.00. The van der Waals surface area contributed by atoms with Gasteiger partial charge in [-0.2, -0.15) is 0 Å². The minimum atomic E-state index is -0.664. The number of aromatic nitrogens is 1. The van der Waals surface area contributed by atoms with Crippen LogP contribution in [0.5, 0.6) is 0 Å². The molecule has 2 fully saturated rings. The van der Waals surface area contributed by atoms with Gasteiger partial charge in [0, 0.05) is 19.4 Å². The third-order valence-electron chi connectivity index (χ3n) is 3.60. The summed E-state index contributed by atoms with van der Waals surface area (Å²) in [6.45, 7) is 0. The predicted octanol–water partition coefficient (Wildman–Crippen LogP) is -0.441. The molecular formula is C12H13N5O3. The molecule has 20 heavy (non-hydrogen) atoms. The fraction of sp³-hybridized carbons (Fsp3) is 0.333. The normalized spacial score (nSPS) is 29.1. The van der Waals surface area contributed by atoms with Crippen LogP contribution in [-0.2, 0) is 4.79 Å². The van der Waals surface area contributed by atoms with Crippen LogP contribution in [0.2, 0.25) is 0 Å². The molecule has 8 nitrogen and oxygen atoms in total. The van der Waals surface area contributed by atoms with Gasteiger partial charge in [0.15, 0.2) is 0 Å². The number of imide groups is 1. The highest BCUT2D eigenvalue weighted by Crippen LogP contribution is 2.30. The van der Waals surface area contributed by atoms with E-state index >= 15 is 0 Å². The van der Waals surface area contributed by atoms with Crippen LogP contribution in [0, 0.1) is 5.92 Å². The molecule has 5 amide bonds. The predicted molar refractivity (Wildman–Crippen MR) is 67.2 cm³/mol. The van der Waals surface area contributed by atoms with E-state index in [1.54, 1.807) is 24.5 Å². The Bertz CT molecular complexity index is 576. The zero-order valence-corrected chi connectivity index (χ0v) is 10.7. The molecule has 0 saturated carbocycles. The molecule has 3 unspecified atom stereocenters. The molecular weight excluding hydrogens is 262 g/mol. The molecule has 0 aliphatic carbocycles. The number of nitrogens with one attached hydrogen (secondary N) is 3. The van der Waals surface area contributed by atoms with Crippen molar-refractivity contribution in [3.05, 3.63) is 30.1 Å². The van der Waals surface area contributed by atoms with Crippen LogP contribution < -0.4 is 16.0 Å². The van der Waals surface area contributed by atoms with Crippen molar-refractivity contribution in [1.82, 2.24) is 25.8 Å². The van der Waals surface area contributed by atoms with Crippen molar-refractivity contribution in [1.29, 1.82) is 0 Å². The van der Waals surface area contributed by atoms with E-state index in [1.807, 2.05) is 0 Å². The van der Waals surface area contributed by atoms with Crippen molar-refractivity contribution in [2.75, 3.05) is 7.05 Å². The van der Waals surface area contributed by atoms with E-state index in [0.29, 0.717) is 0 Å². The summed E-state index contributed by atoms with van der Waals surface area (Å²) in [6, 6.07) is 2.02. The molecule has 0 radical (unpaired) electrons. The third-order valence-corrected chi connectivity index (χ3v) is 3.60. The summed E-state index contributed by atoms with van der Waals surface area (Å²) in [6.07, 6.45) is 2.52. The molecule has 3 heterocycles. The summed E-state index contributed by atoms with van der Waals surface area (Å²) in [5.41, 5.74) is 0.766. The maximum absolute atomic E-state index is 12.1. The summed E-state index contributed by atoms with van der Waals surface area (Å²) in [5.74, 6) is -1.01. The van der Waals surface area contributed by atoms with Gasteiger partial charge in [-0.1, -0.05) is 0 Å². The van der Waals surface area contributed by atoms with Crippen LogP contribution in [-0.4, -0.2) is 41.1 Å². The highest BCUT2D eigenvalue weighted by atomic mass is 16.2. The second-order valence-corrected chi connectivity index (χ2v) is 4.75. The second-order valence-electron chi connectivity index (χ2n) is 4.75. The molecule has 0 spiro atoms. The Hall–Kier alpha value is -2.64. The first kappa shape index (κ1) is 12.4. The monoisotopic (exact) mass is 275 g/mol. The number of amides is 5. The third kappa shape index (κ3) is 1.85. The quantitative estimate of drug-likeness (QED) is 0.646. The van der Waals surface area contributed by atoms with Crippen LogP contribution in [0.3, 0.4) is 0 Å². The number of fused-ring (bicyclic) bond motifs is 1. The van der Waals surface area contributed by atoms with E-state index in [0.717, 1.165) is 5.56 Å². The molecule has 3 N–H and O–H groups in total. The second kappa shape index (κ2) is 4.48. The molecule has 0 aromatic carbocycles. The molecule has 8 heteroatoms. The van der Waals surface area contributed by atoms with Crippen molar-refractivity contribution < 1.29 is 14.4 Å². The Morgan fingerprint density at radius 2 is 1.85 bits per heavy atom. The maximum Gasteiger partial charge on any atom is 0.325 e. The molecule has 0 bridgehead atoms. The van der Waals surface area contributed by atoms with Crippen molar-refractivity contribution in [2.45, 2.75) is 12.2 Å². The van der Waals surface area contributed by atoms with E-state index in [1.165, 1.54) is 11.9 Å². The van der Waals surface area contributed by atoms with Gasteiger partial charge in [0.05, 0.1) is 6.04 Å². The fourth-order valence-electron chi connectivity index (χ4n) is 2.58. The topological polar surface area (TPSA) is 103 Å². The first-order chi connectivity index (χ1) is 9.58. The maximum atomic E-state index is 12.1. The average Bonchev–Trinajstić information content (AvgIpc) is 2.45. The minimum absolute atomic E-state index is 0.410. The van der Waals surface area contributed by atoms with E-state index in [9.17, 15) is 14.4 Å². The van der Waals surface area contributed by atoms with Crippen molar-refractivity contribution >= 4 is 18.0 Å². The summed E-state index contributed by atoms with van der Waals surface area (Å²) in [4.78, 5) is 40.7. The van der Waals surface area contributed by atoms with E-state index < -0.39 is 36.1 Å². The average molecular weight is 275 g/mol. The summed E-state index contributed by atoms with van der Waals surface area (Å²) in [5, 5.41) is 7.61. The van der Waals surface area contributed by atoms with Gasteiger partial charge in [-0.25, -0.2) is 9.59 Å². The van der Waals surface area contributed by atoms with Crippen LogP contribution in [0.15, 0.2) is 24.5 Å². The fourth-order valence-corrected chi connectivity index (χ4v) is 2.58. The summed E-state index contributed by atoms with van der Waals surface area (Å²) in [7, 11) is 1.54. The minimum Gasteiger partial charge on any atom is -0.330 e. The van der Waals surface area contributed by atoms with Crippen molar-refractivity contribution in [3.8, 4) is 0 Å². The van der Waals surface area contributed by atoms with Gasteiger partial charge in [-0.05, 0) is 17.7 Å². The number of pyridine rings is 1. The van der Waals surface area contributed by atoms with Gasteiger partial charge in [0.25, 0.3) is 0 Å². The first-order valence-corrected chi connectivity index (χ1v) is 6.12. The van der Waals surface area contributed by atoms with Crippen LogP contribution in [0.25, 0.3) is 0 Å². The lowest BCUT2D eigenvalue weighted by atomic mass is 9.87. The van der Waals surface area contributed by atoms with Gasteiger partial charge in [-0.3, -0.25) is 15.1 Å². The van der Waals surface area contributed by atoms with Gasteiger partial charge in [0.1, 0.15) is 12.1 Å². The summed E-state index contributed by atoms with van der Waals surface area (Å²) < 4.78 is 0. The largest absolute Gasteiger partial charge is 0.330 e. The van der Waals surface area contributed by atoms with E-state index in [2.05, 4.69) is 20.9 Å². The summed E-state index contributed by atoms with van der Waals surface area (Å²) >= 11 is 0. The lowest BCUT2D eigenvalue weighted by Crippen LogP contribution is -2.71. The van der Waals surface area contributed by atoms with Gasteiger partial charge in [-0.15, -0.1) is 0 Å². The molecule has 3 rings (SSSR count). The Labute approximate surface area is 114 Å². The number of rotatable bonds is 1. The van der Waals surface area contributed by atoms with Crippen LogP contribution in [0.4, 0.5) is 9.59 Å². The number of urea groups is 2. The Balaban J connectivity index is 2.00. The number of carbonyl (C=O) groups excluding carboxylic acids is 3. The van der Waals surface area contributed by atoms with Crippen molar-refractivity contribution in [2.24, 2.45) is 5.92 Å². The van der Waals surface area contributed by atoms with Crippen molar-refractivity contribution in [3.63, 3.8) is 0 Å². The molecule has 1 aromatic heterocycles. The Kier molecular flexibility index (Phi) is 2.78. The molecule has 104 valence electrons. The Morgan fingerprint density at radius 1 is 1.15 bits per heavy atom. The molecule has 3 atom stereocenters. The molecule has 2 aliphatic rings. The molecule has 1 aromatic rings. The number of hydrogen-bond acceptors (Lipinski definition) is 4. The van der Waals surface area contributed by atoms with E-state index in [-0.39, 0.29) is 0 Å². The van der Waals surface area contributed by atoms with Gasteiger partial charge in [0.2, 0.25) is 5.91 Å². The highest BCUT2D eigenvalue weighted by Gasteiger charge is 2.48. The first-order valence-electron chi connectivity index (χ1n) is 6.12. The standard InChI is InChI=1S/C12H13N5O3/c1-17-9-7(10(18)16-12(17)20)8(14-11(19)15-9)6-2-4-13-5-3-6/h2-5,7-9H,1H3,(H2,14,15,19)(H,16,18,20). The number of nitrogens with zero attached hydrogens (tertiary/aromatic N) is 2. The molecule has 2 aliphatic heterocycles. The zero-order chi connectivity index (χ0) is 14.3. The number of hydrogen-bond donors (Lipinski definition) is 3. The lowest BCUT2D eigenvalue weighted by molar-refractivity contribution is -0.130. The smallest absolute Gasteiger partial charge is 0.325 e. The van der Waals surface area contributed by atoms with E-state index in [4.69, 9.17) is 0 Å². The van der Waals surface area contributed by atoms with Crippen LogP contribution in [0.1, 0.15) is 11.6 Å². The SMILES string of the molecule is CN1C(=O)NC(=O)C2C(c3ccncc3)NC(=O)NC21. The Morgan fingerprint density at radius 3 is 2.55 bits per heavy atom. The lowest BCUT2D eigenvalue weighted by Gasteiger charge is -2.45. The van der Waals surface area contributed by atoms with Crippen LogP contribution >= 0.6 is 0 Å². The van der Waals surface area contributed by atoms with Gasteiger partial charge < -0.3 is 15.5 Å². The van der Waals surface area contributed by atoms with Gasteiger partial charge >= 0.3 is 12.1 Å².